The first kappa shape index (κ1) is 26.5. The van der Waals surface area contributed by atoms with Crippen LogP contribution in [0.2, 0.25) is 0 Å². The fourth-order valence-corrected chi connectivity index (χ4v) is 2.99. The molecule has 0 bridgehead atoms. The molecule has 3 N–H and O–H groups in total. The maximum atomic E-state index is 13.9. The molecule has 14 heteroatoms. The summed E-state index contributed by atoms with van der Waals surface area (Å²) in [7, 11) is 0. The van der Waals surface area contributed by atoms with Gasteiger partial charge in [-0.1, -0.05) is 0 Å². The molecule has 0 fully saturated rings. The van der Waals surface area contributed by atoms with Crippen LogP contribution in [-0.2, 0) is 21.9 Å². The standard InChI is InChI=1S/C19H20BrF5N4O4/c1-18(2,33-16(31)19(23,24)25)29-15(30)13(20)14(28-17(29)27-7-3-6-26)32-9-10-4-5-11(21)8-12(10)22/h4-5,8H,3,6-7,9,26H2,1-2H3,(H,27,28). The first-order valence-electron chi connectivity index (χ1n) is 9.41. The van der Waals surface area contributed by atoms with E-state index in [2.05, 4.69) is 31.0 Å². The molecule has 182 valence electrons. The highest BCUT2D eigenvalue weighted by Crippen LogP contribution is 2.29. The van der Waals surface area contributed by atoms with E-state index in [1.165, 1.54) is 0 Å². The largest absolute Gasteiger partial charge is 0.491 e. The van der Waals surface area contributed by atoms with Crippen molar-refractivity contribution in [2.45, 2.75) is 38.8 Å². The van der Waals surface area contributed by atoms with Gasteiger partial charge in [0.25, 0.3) is 5.56 Å². The van der Waals surface area contributed by atoms with Crippen molar-refractivity contribution >= 4 is 27.8 Å². The fourth-order valence-electron chi connectivity index (χ4n) is 2.61. The summed E-state index contributed by atoms with van der Waals surface area (Å²) < 4.78 is 75.4. The zero-order chi connectivity index (χ0) is 25.0. The van der Waals surface area contributed by atoms with Gasteiger partial charge in [-0.3, -0.25) is 4.79 Å². The summed E-state index contributed by atoms with van der Waals surface area (Å²) in [6.45, 7) is 2.12. The average molecular weight is 543 g/mol. The Morgan fingerprint density at radius 1 is 1.27 bits per heavy atom. The lowest BCUT2D eigenvalue weighted by molar-refractivity contribution is -0.219. The summed E-state index contributed by atoms with van der Waals surface area (Å²) in [5, 5.41) is 2.73. The topological polar surface area (TPSA) is 108 Å². The van der Waals surface area contributed by atoms with Gasteiger partial charge in [-0.15, -0.1) is 0 Å². The van der Waals surface area contributed by atoms with Crippen molar-refractivity contribution in [3.63, 3.8) is 0 Å². The van der Waals surface area contributed by atoms with Crippen molar-refractivity contribution in [2.75, 3.05) is 18.4 Å². The number of aromatic nitrogens is 2. The van der Waals surface area contributed by atoms with Crippen LogP contribution >= 0.6 is 15.9 Å². The first-order chi connectivity index (χ1) is 15.3. The predicted octanol–water partition coefficient (Wildman–Crippen LogP) is 3.42. The molecule has 33 heavy (non-hydrogen) atoms. The summed E-state index contributed by atoms with van der Waals surface area (Å²) in [5.41, 5.74) is 2.33. The molecule has 1 aromatic heterocycles. The second-order valence-corrected chi connectivity index (χ2v) is 7.92. The number of nitrogens with two attached hydrogens (primary N) is 1. The lowest BCUT2D eigenvalue weighted by Crippen LogP contribution is -2.44. The monoisotopic (exact) mass is 542 g/mol. The Kier molecular flexibility index (Phi) is 8.41. The molecule has 0 saturated carbocycles. The van der Waals surface area contributed by atoms with Crippen molar-refractivity contribution in [1.29, 1.82) is 0 Å². The highest BCUT2D eigenvalue weighted by atomic mass is 79.9. The van der Waals surface area contributed by atoms with Crippen molar-refractivity contribution in [1.82, 2.24) is 9.55 Å². The predicted molar refractivity (Wildman–Crippen MR) is 111 cm³/mol. The molecular weight excluding hydrogens is 523 g/mol. The van der Waals surface area contributed by atoms with Crippen molar-refractivity contribution in [2.24, 2.45) is 5.73 Å². The third kappa shape index (κ3) is 6.63. The number of ether oxygens (including phenoxy) is 2. The van der Waals surface area contributed by atoms with E-state index >= 15 is 0 Å². The summed E-state index contributed by atoms with van der Waals surface area (Å²) in [5.74, 6) is -4.80. The minimum absolute atomic E-state index is 0.0358. The van der Waals surface area contributed by atoms with Gasteiger partial charge in [0.05, 0.1) is 0 Å². The second kappa shape index (κ2) is 10.5. The van der Waals surface area contributed by atoms with Gasteiger partial charge in [0, 0.05) is 18.2 Å². The maximum absolute atomic E-state index is 13.9. The molecule has 0 aliphatic carbocycles. The summed E-state index contributed by atoms with van der Waals surface area (Å²) in [6.07, 6.45) is -4.88. The number of esters is 1. The molecule has 0 saturated heterocycles. The van der Waals surface area contributed by atoms with Crippen molar-refractivity contribution in [3.8, 4) is 5.88 Å². The first-order valence-corrected chi connectivity index (χ1v) is 10.2. The molecule has 1 aromatic carbocycles. The number of anilines is 1. The number of hydrogen-bond acceptors (Lipinski definition) is 7. The SMILES string of the molecule is CC(C)(OC(=O)C(F)(F)F)n1c(NCCCN)nc(OCc2ccc(F)cc2F)c(Br)c1=O. The minimum atomic E-state index is -5.29. The van der Waals surface area contributed by atoms with E-state index in [0.717, 1.165) is 26.0 Å². The lowest BCUT2D eigenvalue weighted by Gasteiger charge is -2.30. The number of halogens is 6. The molecule has 8 nitrogen and oxygen atoms in total. The molecule has 2 rings (SSSR count). The number of benzene rings is 1. The van der Waals surface area contributed by atoms with Crippen LogP contribution in [0.1, 0.15) is 25.8 Å². The van der Waals surface area contributed by atoms with Gasteiger partial charge >= 0.3 is 12.1 Å². The van der Waals surface area contributed by atoms with E-state index in [1.54, 1.807) is 0 Å². The van der Waals surface area contributed by atoms with Gasteiger partial charge in [-0.25, -0.2) is 18.1 Å². The zero-order valence-corrected chi connectivity index (χ0v) is 19.0. The Labute approximate surface area is 193 Å². The van der Waals surface area contributed by atoms with E-state index in [1.807, 2.05) is 0 Å². The third-order valence-electron chi connectivity index (χ3n) is 4.15. The maximum Gasteiger partial charge on any atom is 0.491 e. The number of nitrogens with one attached hydrogen (secondary N) is 1. The Bertz CT molecular complexity index is 1080. The Balaban J connectivity index is 2.46. The fraction of sp³-hybridized carbons (Fsp3) is 0.421. The molecule has 0 aliphatic rings. The lowest BCUT2D eigenvalue weighted by atomic mass is 10.2. The van der Waals surface area contributed by atoms with E-state index in [-0.39, 0.29) is 35.0 Å². The average Bonchev–Trinajstić information content (AvgIpc) is 2.69. The van der Waals surface area contributed by atoms with Crippen LogP contribution < -0.4 is 21.3 Å². The number of carbonyl (C=O) groups is 1. The number of hydrogen-bond donors (Lipinski definition) is 2. The molecule has 1 heterocycles. The van der Waals surface area contributed by atoms with Crippen molar-refractivity contribution in [3.05, 3.63) is 50.2 Å². The third-order valence-corrected chi connectivity index (χ3v) is 4.83. The van der Waals surface area contributed by atoms with Crippen LogP contribution in [0.3, 0.4) is 0 Å². The Hall–Kier alpha value is -2.74. The van der Waals surface area contributed by atoms with Crippen LogP contribution in [0.5, 0.6) is 5.88 Å². The van der Waals surface area contributed by atoms with Crippen LogP contribution in [0, 0.1) is 11.6 Å². The van der Waals surface area contributed by atoms with Gasteiger partial charge in [0.15, 0.2) is 5.72 Å². The van der Waals surface area contributed by atoms with Crippen LogP contribution in [0.4, 0.5) is 27.9 Å². The summed E-state index contributed by atoms with van der Waals surface area (Å²) in [4.78, 5) is 28.4. The smallest absolute Gasteiger partial charge is 0.472 e. The highest BCUT2D eigenvalue weighted by Gasteiger charge is 2.45. The van der Waals surface area contributed by atoms with Gasteiger partial charge in [0.1, 0.15) is 22.7 Å². The van der Waals surface area contributed by atoms with Gasteiger partial charge in [-0.05, 0) is 54.9 Å². The van der Waals surface area contributed by atoms with Gasteiger partial charge < -0.3 is 20.5 Å². The van der Waals surface area contributed by atoms with Crippen LogP contribution in [0.15, 0.2) is 27.5 Å². The molecule has 0 radical (unpaired) electrons. The van der Waals surface area contributed by atoms with Crippen LogP contribution in [-0.4, -0.2) is 34.8 Å². The van der Waals surface area contributed by atoms with Crippen LogP contribution in [0.25, 0.3) is 0 Å². The molecule has 0 spiro atoms. The molecule has 0 unspecified atom stereocenters. The number of nitrogens with zero attached hydrogens (tertiary/aromatic N) is 2. The second-order valence-electron chi connectivity index (χ2n) is 7.12. The zero-order valence-electron chi connectivity index (χ0n) is 17.4. The number of rotatable bonds is 9. The minimum Gasteiger partial charge on any atom is -0.472 e. The summed E-state index contributed by atoms with van der Waals surface area (Å²) in [6, 6.07) is 2.80. The normalized spacial score (nSPS) is 11.9. The van der Waals surface area contributed by atoms with E-state index in [0.29, 0.717) is 17.1 Å². The Morgan fingerprint density at radius 2 is 1.94 bits per heavy atom. The van der Waals surface area contributed by atoms with E-state index in [4.69, 9.17) is 10.5 Å². The van der Waals surface area contributed by atoms with Gasteiger partial charge in [0.2, 0.25) is 11.8 Å². The number of carbonyl (C=O) groups excluding carboxylic acids is 1. The van der Waals surface area contributed by atoms with E-state index in [9.17, 15) is 31.5 Å². The Morgan fingerprint density at radius 3 is 2.52 bits per heavy atom. The highest BCUT2D eigenvalue weighted by molar-refractivity contribution is 9.10. The molecule has 0 atom stereocenters. The molecule has 0 aliphatic heterocycles. The number of alkyl halides is 3. The molecule has 2 aromatic rings. The summed E-state index contributed by atoms with van der Waals surface area (Å²) >= 11 is 2.96. The van der Waals surface area contributed by atoms with E-state index < -0.39 is 41.7 Å². The molecular formula is C19H20BrF5N4O4. The van der Waals surface area contributed by atoms with Crippen molar-refractivity contribution < 1.29 is 36.2 Å². The molecule has 0 amide bonds. The quantitative estimate of drug-likeness (QED) is 0.284. The van der Waals surface area contributed by atoms with Gasteiger partial charge in [-0.2, -0.15) is 18.2 Å².